The van der Waals surface area contributed by atoms with Gasteiger partial charge >= 0.3 is 121 Å². The first-order valence-corrected chi connectivity index (χ1v) is 11.4. The normalized spacial score (nSPS) is 26.0. The van der Waals surface area contributed by atoms with E-state index in [0.29, 0.717) is 29.9 Å². The van der Waals surface area contributed by atoms with Gasteiger partial charge in [0.05, 0.1) is 0 Å². The summed E-state index contributed by atoms with van der Waals surface area (Å²) in [6, 6.07) is 0. The van der Waals surface area contributed by atoms with Gasteiger partial charge in [-0.3, -0.25) is 0 Å². The molecule has 0 aliphatic carbocycles. The maximum absolute atomic E-state index is 2.25. The fraction of sp³-hybridized carbons (Fsp3) is 0.333. The molecule has 3 rings (SSSR count). The molecule has 0 aromatic carbocycles. The second kappa shape index (κ2) is 4.73. The molecule has 0 nitrogen and oxygen atoms in total. The van der Waals surface area contributed by atoms with E-state index in [4.69, 9.17) is 0 Å². The molecule has 0 aromatic rings. The summed E-state index contributed by atoms with van der Waals surface area (Å²) in [5, 5.41) is 1.29. The fourth-order valence-electron chi connectivity index (χ4n) is 1.20. The third-order valence-corrected chi connectivity index (χ3v) is 16.5. The van der Waals surface area contributed by atoms with Gasteiger partial charge < -0.3 is 0 Å². The quantitative estimate of drug-likeness (QED) is 0.565. The van der Waals surface area contributed by atoms with Crippen LogP contribution in [-0.2, 0) is 0 Å². The van der Waals surface area contributed by atoms with E-state index in [2.05, 4.69) is 37.4 Å². The van der Waals surface area contributed by atoms with Crippen molar-refractivity contribution in [1.82, 2.24) is 0 Å². The van der Waals surface area contributed by atoms with Crippen molar-refractivity contribution in [3.05, 3.63) is 25.0 Å². The number of thioether (sulfide) groups is 4. The Labute approximate surface area is 120 Å². The van der Waals surface area contributed by atoms with Gasteiger partial charge in [0.15, 0.2) is 0 Å². The molecule has 3 aliphatic heterocycles. The van der Waals surface area contributed by atoms with Crippen molar-refractivity contribution < 1.29 is 0 Å². The summed E-state index contributed by atoms with van der Waals surface area (Å²) in [6.07, 6.45) is 0. The van der Waals surface area contributed by atoms with Crippen LogP contribution in [-0.4, -0.2) is 35.0 Å². The molecular weight excluding hydrogens is 394 g/mol. The molecule has 0 fully saturated rings. The predicted molar refractivity (Wildman–Crippen MR) is 79.2 cm³/mol. The average Bonchev–Trinajstić information content (AvgIpc) is 2.80. The summed E-state index contributed by atoms with van der Waals surface area (Å²) in [7, 11) is 0. The van der Waals surface area contributed by atoms with Gasteiger partial charge in [-0.2, -0.15) is 0 Å². The van der Waals surface area contributed by atoms with Crippen molar-refractivity contribution in [2.24, 2.45) is 0 Å². The molecule has 0 saturated carbocycles. The van der Waals surface area contributed by atoms with Crippen LogP contribution in [0.25, 0.3) is 0 Å². The minimum absolute atomic E-state index is 0.684. The molecular formula is C9H8S4Se2. The van der Waals surface area contributed by atoms with Gasteiger partial charge in [0.2, 0.25) is 0 Å². The van der Waals surface area contributed by atoms with Crippen LogP contribution in [0.1, 0.15) is 13.8 Å². The zero-order valence-corrected chi connectivity index (χ0v) is 14.8. The zero-order chi connectivity index (χ0) is 10.4. The fourth-order valence-corrected chi connectivity index (χ4v) is 17.6. The van der Waals surface area contributed by atoms with Crippen molar-refractivity contribution in [1.29, 1.82) is 0 Å². The summed E-state index contributed by atoms with van der Waals surface area (Å²) in [6.45, 7) is 4.50. The van der Waals surface area contributed by atoms with Crippen LogP contribution < -0.4 is 0 Å². The van der Waals surface area contributed by atoms with Crippen LogP contribution in [0.2, 0.25) is 0 Å². The molecule has 0 saturated heterocycles. The Morgan fingerprint density at radius 3 is 2.00 bits per heavy atom. The molecule has 0 aromatic heterocycles. The van der Waals surface area contributed by atoms with Gasteiger partial charge in [0.1, 0.15) is 0 Å². The van der Waals surface area contributed by atoms with Crippen LogP contribution in [0.5, 0.6) is 0 Å². The number of hydrogen-bond donors (Lipinski definition) is 0. The molecule has 0 amide bonds. The van der Waals surface area contributed by atoms with E-state index in [1.165, 1.54) is 14.9 Å². The first-order valence-electron chi connectivity index (χ1n) is 4.37. The average molecular weight is 402 g/mol. The summed E-state index contributed by atoms with van der Waals surface area (Å²) < 4.78 is 6.92. The van der Waals surface area contributed by atoms with Gasteiger partial charge in [-0.1, -0.05) is 0 Å². The third-order valence-electron chi connectivity index (χ3n) is 2.07. The van der Waals surface area contributed by atoms with Crippen molar-refractivity contribution >= 4 is 77.0 Å². The third kappa shape index (κ3) is 2.30. The monoisotopic (exact) mass is 404 g/mol. The Kier molecular flexibility index (Phi) is 3.70. The van der Waals surface area contributed by atoms with E-state index in [1.807, 2.05) is 23.5 Å². The first kappa shape index (κ1) is 11.7. The molecule has 0 N–H and O–H groups in total. The van der Waals surface area contributed by atoms with E-state index < -0.39 is 0 Å². The molecule has 0 radical (unpaired) electrons. The molecule has 15 heavy (non-hydrogen) atoms. The molecule has 0 atom stereocenters. The number of rotatable bonds is 0. The minimum atomic E-state index is 0.684. The molecule has 6 heteroatoms. The predicted octanol–water partition coefficient (Wildman–Crippen LogP) is 3.83. The van der Waals surface area contributed by atoms with Crippen LogP contribution in [0.15, 0.2) is 25.0 Å². The summed E-state index contributed by atoms with van der Waals surface area (Å²) in [5.74, 6) is 0. The Hall–Kier alpha value is 1.66. The van der Waals surface area contributed by atoms with Crippen molar-refractivity contribution in [2.75, 3.05) is 5.08 Å². The van der Waals surface area contributed by atoms with E-state index in [0.717, 1.165) is 0 Å². The van der Waals surface area contributed by atoms with E-state index >= 15 is 0 Å². The summed E-state index contributed by atoms with van der Waals surface area (Å²) >= 11 is 9.60. The summed E-state index contributed by atoms with van der Waals surface area (Å²) in [5.41, 5.74) is 0. The molecule has 80 valence electrons. The topological polar surface area (TPSA) is 0 Å². The molecule has 0 unspecified atom stereocenters. The van der Waals surface area contributed by atoms with Gasteiger partial charge in [0, 0.05) is 0 Å². The molecule has 0 spiro atoms. The Bertz CT molecular complexity index is 388. The SMILES string of the molecule is CC1=C(C)SC(=C2[Se]C3=C(SCS3)[Se]2)S1. The second-order valence-electron chi connectivity index (χ2n) is 3.08. The van der Waals surface area contributed by atoms with Gasteiger partial charge in [-0.25, -0.2) is 0 Å². The Morgan fingerprint density at radius 2 is 1.47 bits per heavy atom. The van der Waals surface area contributed by atoms with Gasteiger partial charge in [-0.05, 0) is 0 Å². The van der Waals surface area contributed by atoms with Crippen molar-refractivity contribution in [2.45, 2.75) is 13.8 Å². The van der Waals surface area contributed by atoms with Crippen LogP contribution in [0.3, 0.4) is 0 Å². The van der Waals surface area contributed by atoms with E-state index in [-0.39, 0.29) is 0 Å². The molecule has 3 aliphatic rings. The van der Waals surface area contributed by atoms with Crippen LogP contribution in [0, 0.1) is 0 Å². The van der Waals surface area contributed by atoms with Crippen molar-refractivity contribution in [3.63, 3.8) is 0 Å². The van der Waals surface area contributed by atoms with Gasteiger partial charge in [-0.15, -0.1) is 0 Å². The van der Waals surface area contributed by atoms with Crippen LogP contribution >= 0.6 is 47.0 Å². The Morgan fingerprint density at radius 1 is 0.933 bits per heavy atom. The number of hydrogen-bond acceptors (Lipinski definition) is 4. The molecule has 0 bridgehead atoms. The Balaban J connectivity index is 1.80. The standard InChI is InChI=1S/C9H8S4Se2/c1-4-5(2)13-6(12-4)9-14-7-8(15-9)11-3-10-7/h3H2,1-2H3. The second-order valence-corrected chi connectivity index (χ2v) is 14.9. The van der Waals surface area contributed by atoms with E-state index in [1.54, 1.807) is 15.2 Å². The first-order chi connectivity index (χ1) is 7.24. The number of allylic oxidation sites excluding steroid dienone is 2. The summed E-state index contributed by atoms with van der Waals surface area (Å²) in [4.78, 5) is 3.03. The van der Waals surface area contributed by atoms with Crippen LogP contribution in [0.4, 0.5) is 0 Å². The molecule has 3 heterocycles. The van der Waals surface area contributed by atoms with Gasteiger partial charge in [0.25, 0.3) is 0 Å². The van der Waals surface area contributed by atoms with Crippen molar-refractivity contribution in [3.8, 4) is 0 Å². The van der Waals surface area contributed by atoms with E-state index in [9.17, 15) is 0 Å². The zero-order valence-electron chi connectivity index (χ0n) is 8.16. The maximum atomic E-state index is 2.25.